The van der Waals surface area contributed by atoms with E-state index in [1.807, 2.05) is 87.7 Å². The van der Waals surface area contributed by atoms with Crippen LogP contribution in [0.15, 0.2) is 119 Å². The van der Waals surface area contributed by atoms with Crippen LogP contribution in [0.2, 0.25) is 0 Å². The molecule has 7 rings (SSSR count). The summed E-state index contributed by atoms with van der Waals surface area (Å²) < 4.78 is 28.9. The molecule has 4 aromatic carbocycles. The van der Waals surface area contributed by atoms with Gasteiger partial charge in [0.2, 0.25) is 0 Å². The molecule has 0 spiro atoms. The zero-order valence-electron chi connectivity index (χ0n) is 27.9. The van der Waals surface area contributed by atoms with Crippen LogP contribution in [-0.4, -0.2) is 45.3 Å². The first kappa shape index (κ1) is 32.4. The summed E-state index contributed by atoms with van der Waals surface area (Å²) >= 11 is 0. The maximum Gasteiger partial charge on any atom is 0.343 e. The predicted octanol–water partition coefficient (Wildman–Crippen LogP) is 7.75. The van der Waals surface area contributed by atoms with E-state index in [0.29, 0.717) is 39.2 Å². The molecule has 0 saturated heterocycles. The molecular formula is C40H35FN6O3. The molecule has 9 nitrogen and oxygen atoms in total. The van der Waals surface area contributed by atoms with Gasteiger partial charge in [-0.3, -0.25) is 0 Å². The number of hydrogen-bond acceptors (Lipinski definition) is 8. The molecule has 0 amide bonds. The van der Waals surface area contributed by atoms with E-state index in [1.54, 1.807) is 16.8 Å². The van der Waals surface area contributed by atoms with Crippen molar-refractivity contribution in [2.45, 2.75) is 19.6 Å². The van der Waals surface area contributed by atoms with E-state index < -0.39 is 17.5 Å². The minimum atomic E-state index is -0.650. The van der Waals surface area contributed by atoms with Crippen LogP contribution in [0, 0.1) is 5.82 Å². The van der Waals surface area contributed by atoms with Gasteiger partial charge >= 0.3 is 5.63 Å². The largest absolute Gasteiger partial charge is 0.489 e. The summed E-state index contributed by atoms with van der Waals surface area (Å²) in [4.78, 5) is 24.3. The number of fused-ring (bicyclic) bond motifs is 2. The molecule has 50 heavy (non-hydrogen) atoms. The van der Waals surface area contributed by atoms with Crippen molar-refractivity contribution in [1.82, 2.24) is 24.6 Å². The predicted molar refractivity (Wildman–Crippen MR) is 195 cm³/mol. The third kappa shape index (κ3) is 6.48. The van der Waals surface area contributed by atoms with Gasteiger partial charge in [-0.15, -0.1) is 0 Å². The van der Waals surface area contributed by atoms with Crippen molar-refractivity contribution in [1.29, 1.82) is 0 Å². The molecule has 250 valence electrons. The molecule has 2 N–H and O–H groups in total. The maximum absolute atomic E-state index is 15.1. The number of ether oxygens (including phenoxy) is 1. The van der Waals surface area contributed by atoms with E-state index in [2.05, 4.69) is 33.1 Å². The van der Waals surface area contributed by atoms with E-state index in [1.165, 1.54) is 18.5 Å². The van der Waals surface area contributed by atoms with Gasteiger partial charge in [-0.05, 0) is 62.0 Å². The molecule has 10 heteroatoms. The van der Waals surface area contributed by atoms with Crippen LogP contribution < -0.4 is 16.1 Å². The Morgan fingerprint density at radius 3 is 2.52 bits per heavy atom. The van der Waals surface area contributed by atoms with Crippen LogP contribution in [0.25, 0.3) is 50.3 Å². The lowest BCUT2D eigenvalue weighted by atomic mass is 9.94. The second kappa shape index (κ2) is 13.8. The summed E-state index contributed by atoms with van der Waals surface area (Å²) in [5.74, 6) is 0.399. The van der Waals surface area contributed by atoms with Crippen molar-refractivity contribution < 1.29 is 13.5 Å². The number of anilines is 1. The van der Waals surface area contributed by atoms with Crippen molar-refractivity contribution >= 4 is 33.7 Å². The highest BCUT2D eigenvalue weighted by atomic mass is 19.1. The lowest BCUT2D eigenvalue weighted by Crippen LogP contribution is -2.14. The Hall–Kier alpha value is -6.13. The number of aromatic nitrogens is 4. The van der Waals surface area contributed by atoms with Crippen molar-refractivity contribution in [3.05, 3.63) is 143 Å². The van der Waals surface area contributed by atoms with Gasteiger partial charge in [-0.25, -0.2) is 23.8 Å². The Morgan fingerprint density at radius 1 is 0.940 bits per heavy atom. The Morgan fingerprint density at radius 2 is 1.72 bits per heavy atom. The highest BCUT2D eigenvalue weighted by Gasteiger charge is 2.27. The summed E-state index contributed by atoms with van der Waals surface area (Å²) in [5.41, 5.74) is 10.7. The van der Waals surface area contributed by atoms with E-state index >= 15 is 4.39 Å². The highest BCUT2D eigenvalue weighted by Crippen LogP contribution is 2.39. The number of nitrogen functional groups attached to an aromatic ring is 1. The minimum Gasteiger partial charge on any atom is -0.489 e. The van der Waals surface area contributed by atoms with Crippen LogP contribution in [0.1, 0.15) is 29.9 Å². The average molecular weight is 667 g/mol. The third-order valence-electron chi connectivity index (χ3n) is 8.48. The standard InChI is InChI=1S/C40H35FN6O3/c1-25(37-34(32-16-7-8-17-33(32)40(48)50-37)28-15-9-13-26(19-28)14-10-18-46(2)3)47-39-35(38(42)43-24-44-39)36(45-47)29-20-30(41)22-31(21-29)49-23-27-11-5-4-6-12-27/h4-17,19-22,24-25H,18,23H2,1-3H3,(H2,42,43,44)/b14-10+. The minimum absolute atomic E-state index is 0.178. The summed E-state index contributed by atoms with van der Waals surface area (Å²) in [6.07, 6.45) is 5.52. The molecule has 3 aromatic heterocycles. The van der Waals surface area contributed by atoms with E-state index in [4.69, 9.17) is 20.0 Å². The van der Waals surface area contributed by atoms with Gasteiger partial charge < -0.3 is 19.8 Å². The second-order valence-electron chi connectivity index (χ2n) is 12.3. The number of halogens is 1. The molecule has 1 unspecified atom stereocenters. The lowest BCUT2D eigenvalue weighted by Gasteiger charge is -2.18. The molecule has 0 radical (unpaired) electrons. The fourth-order valence-corrected chi connectivity index (χ4v) is 6.11. The Balaban J connectivity index is 1.37. The second-order valence-corrected chi connectivity index (χ2v) is 12.3. The highest BCUT2D eigenvalue weighted by molar-refractivity contribution is 5.99. The van der Waals surface area contributed by atoms with E-state index in [-0.39, 0.29) is 12.4 Å². The normalized spacial score (nSPS) is 12.3. The van der Waals surface area contributed by atoms with Crippen LogP contribution in [-0.2, 0) is 6.61 Å². The molecule has 3 heterocycles. The average Bonchev–Trinajstić information content (AvgIpc) is 3.52. The van der Waals surface area contributed by atoms with Gasteiger partial charge in [-0.2, -0.15) is 5.10 Å². The van der Waals surface area contributed by atoms with E-state index in [0.717, 1.165) is 34.2 Å². The molecule has 1 atom stereocenters. The Labute approximate surface area is 288 Å². The van der Waals surface area contributed by atoms with Gasteiger partial charge in [0.25, 0.3) is 0 Å². The number of nitrogens with two attached hydrogens (primary N) is 1. The Bertz CT molecular complexity index is 2420. The van der Waals surface area contributed by atoms with E-state index in [9.17, 15) is 4.79 Å². The molecular weight excluding hydrogens is 631 g/mol. The molecule has 0 saturated carbocycles. The van der Waals surface area contributed by atoms with Crippen LogP contribution in [0.5, 0.6) is 5.75 Å². The first-order valence-electron chi connectivity index (χ1n) is 16.2. The van der Waals surface area contributed by atoms with Crippen LogP contribution >= 0.6 is 0 Å². The monoisotopic (exact) mass is 666 g/mol. The molecule has 0 bridgehead atoms. The van der Waals surface area contributed by atoms with Gasteiger partial charge in [0.1, 0.15) is 47.8 Å². The first-order chi connectivity index (χ1) is 24.3. The van der Waals surface area contributed by atoms with Crippen LogP contribution in [0.3, 0.4) is 0 Å². The number of likely N-dealkylation sites (N-methyl/N-ethyl adjacent to an activating group) is 1. The van der Waals surface area contributed by atoms with Gasteiger partial charge in [0, 0.05) is 29.1 Å². The third-order valence-corrected chi connectivity index (χ3v) is 8.48. The topological polar surface area (TPSA) is 112 Å². The summed E-state index contributed by atoms with van der Waals surface area (Å²) in [7, 11) is 4.03. The first-order valence-corrected chi connectivity index (χ1v) is 16.2. The number of rotatable bonds is 10. The number of nitrogens with zero attached hydrogens (tertiary/aromatic N) is 5. The zero-order chi connectivity index (χ0) is 34.8. The quantitative estimate of drug-likeness (QED) is 0.158. The summed E-state index contributed by atoms with van der Waals surface area (Å²) in [6.45, 7) is 2.94. The smallest absolute Gasteiger partial charge is 0.343 e. The lowest BCUT2D eigenvalue weighted by molar-refractivity contribution is 0.305. The molecule has 0 aliphatic carbocycles. The maximum atomic E-state index is 15.1. The molecule has 0 aliphatic heterocycles. The van der Waals surface area contributed by atoms with Crippen molar-refractivity contribution in [2.24, 2.45) is 0 Å². The van der Waals surface area contributed by atoms with Gasteiger partial charge in [-0.1, -0.05) is 78.9 Å². The number of hydrogen-bond donors (Lipinski definition) is 1. The SMILES string of the molecule is CC(c1oc(=O)c2ccccc2c1-c1cccc(/C=C/CN(C)C)c1)n1nc(-c2cc(F)cc(OCc3ccccc3)c2)c2c(N)ncnc21. The summed E-state index contributed by atoms with van der Waals surface area (Å²) in [6, 6.07) is 28.9. The molecule has 0 aliphatic rings. The fraction of sp³-hybridized carbons (Fsp3) is 0.150. The number of benzene rings is 4. The summed E-state index contributed by atoms with van der Waals surface area (Å²) in [5, 5.41) is 6.60. The van der Waals surface area contributed by atoms with Crippen molar-refractivity contribution in [2.75, 3.05) is 26.4 Å². The van der Waals surface area contributed by atoms with Gasteiger partial charge in [0.05, 0.1) is 10.8 Å². The fourth-order valence-electron chi connectivity index (χ4n) is 6.11. The van der Waals surface area contributed by atoms with Crippen molar-refractivity contribution in [3.63, 3.8) is 0 Å². The zero-order valence-corrected chi connectivity index (χ0v) is 27.9. The van der Waals surface area contributed by atoms with Crippen LogP contribution in [0.4, 0.5) is 10.2 Å². The van der Waals surface area contributed by atoms with Crippen molar-refractivity contribution in [3.8, 4) is 28.1 Å². The molecule has 0 fully saturated rings. The van der Waals surface area contributed by atoms with Gasteiger partial charge in [0.15, 0.2) is 5.65 Å². The molecule has 7 aromatic rings. The Kier molecular flexibility index (Phi) is 8.93.